The number of carboxylic acid groups (broad SMARTS) is 1. The molecular formula is C26H28N2O7S2. The molecule has 7 unspecified atom stereocenters. The fraction of sp³-hybridized carbons (Fsp3) is 0.538. The van der Waals surface area contributed by atoms with Crippen molar-refractivity contribution < 1.29 is 29.3 Å². The van der Waals surface area contributed by atoms with E-state index >= 15 is 0 Å². The Hall–Kier alpha value is -2.79. The van der Waals surface area contributed by atoms with Crippen LogP contribution in [0.25, 0.3) is 0 Å². The number of amides is 2. The fourth-order valence-electron chi connectivity index (χ4n) is 7.38. The number of phenols is 1. The Morgan fingerprint density at radius 3 is 2.54 bits per heavy atom. The standard InChI is InChI=1S/C26H28N2O7S2/c1-4-35-14-7-10(5-6-13(14)29)15-16-11-8-12(20(16)36-22-21(15)37-26(34)27-22)18-17(11)23(30)28(24(18)31)19(9(2)3)25(32)33/h5-7,9,11-12,15-20,29H,4,8H2,1-3H3,(H,27,34)(H,32,33)/t11?,12?,15-,16?,17?,18?,19?,20?/m1/s1. The molecule has 8 atom stereocenters. The summed E-state index contributed by atoms with van der Waals surface area (Å²) in [5.74, 6) is -3.44. The molecule has 4 aliphatic rings. The van der Waals surface area contributed by atoms with Gasteiger partial charge in [0.25, 0.3) is 0 Å². The van der Waals surface area contributed by atoms with Gasteiger partial charge >= 0.3 is 10.8 Å². The summed E-state index contributed by atoms with van der Waals surface area (Å²) in [5, 5.41) is 20.9. The smallest absolute Gasteiger partial charge is 0.327 e. The normalized spacial score (nSPS) is 32.4. The number of aromatic amines is 1. The van der Waals surface area contributed by atoms with E-state index in [9.17, 15) is 29.4 Å². The number of thioether (sulfide) groups is 1. The number of nitrogens with zero attached hydrogens (tertiary/aromatic N) is 1. The van der Waals surface area contributed by atoms with Gasteiger partial charge in [0.15, 0.2) is 11.5 Å². The Morgan fingerprint density at radius 1 is 1.19 bits per heavy atom. The molecule has 2 amide bonds. The van der Waals surface area contributed by atoms with Crippen LogP contribution < -0.4 is 9.61 Å². The number of carboxylic acids is 1. The summed E-state index contributed by atoms with van der Waals surface area (Å²) in [6, 6.07) is 4.05. The Balaban J connectivity index is 1.44. The number of carbonyl (C=O) groups excluding carboxylic acids is 2. The molecule has 2 bridgehead atoms. The lowest BCUT2D eigenvalue weighted by molar-refractivity contribution is -0.157. The van der Waals surface area contributed by atoms with Gasteiger partial charge in [0.1, 0.15) is 6.04 Å². The van der Waals surface area contributed by atoms with Crippen LogP contribution in [0.15, 0.2) is 28.0 Å². The average Bonchev–Trinajstić information content (AvgIpc) is 3.56. The maximum Gasteiger partial charge on any atom is 0.327 e. The topological polar surface area (TPSA) is 137 Å². The second kappa shape index (κ2) is 8.62. The van der Waals surface area contributed by atoms with Crippen molar-refractivity contribution in [2.24, 2.45) is 35.5 Å². The third kappa shape index (κ3) is 3.42. The van der Waals surface area contributed by atoms with E-state index < -0.39 is 29.8 Å². The van der Waals surface area contributed by atoms with Crippen molar-refractivity contribution in [1.29, 1.82) is 0 Å². The quantitative estimate of drug-likeness (QED) is 0.472. The van der Waals surface area contributed by atoms with Gasteiger partial charge in [-0.25, -0.2) is 4.79 Å². The molecule has 2 aromatic rings. The summed E-state index contributed by atoms with van der Waals surface area (Å²) in [7, 11) is 0. The second-order valence-electron chi connectivity index (χ2n) is 10.7. The number of aromatic hydroxyl groups is 1. The van der Waals surface area contributed by atoms with Crippen LogP contribution in [0, 0.1) is 35.5 Å². The van der Waals surface area contributed by atoms with Crippen molar-refractivity contribution in [2.45, 2.75) is 49.4 Å². The van der Waals surface area contributed by atoms with Crippen LogP contribution in [-0.2, 0) is 14.4 Å². The van der Waals surface area contributed by atoms with Gasteiger partial charge in [-0.1, -0.05) is 31.3 Å². The molecule has 3 N–H and O–H groups in total. The molecule has 37 heavy (non-hydrogen) atoms. The highest BCUT2D eigenvalue weighted by atomic mass is 32.2. The Bertz CT molecular complexity index is 1370. The van der Waals surface area contributed by atoms with E-state index in [1.165, 1.54) is 0 Å². The highest BCUT2D eigenvalue weighted by Crippen LogP contribution is 2.68. The number of imide groups is 1. The lowest BCUT2D eigenvalue weighted by Gasteiger charge is -2.43. The molecule has 2 saturated carbocycles. The zero-order valence-corrected chi connectivity index (χ0v) is 22.2. The largest absolute Gasteiger partial charge is 0.504 e. The minimum atomic E-state index is -1.18. The highest BCUT2D eigenvalue weighted by Gasteiger charge is 2.70. The molecule has 1 aromatic carbocycles. The monoisotopic (exact) mass is 544 g/mol. The van der Waals surface area contributed by atoms with Crippen molar-refractivity contribution in [3.63, 3.8) is 0 Å². The number of carbonyl (C=O) groups is 3. The molecule has 2 aliphatic carbocycles. The Kier molecular flexibility index (Phi) is 5.72. The molecule has 0 radical (unpaired) electrons. The number of rotatable bonds is 6. The van der Waals surface area contributed by atoms with Crippen LogP contribution in [0.2, 0.25) is 0 Å². The summed E-state index contributed by atoms with van der Waals surface area (Å²) in [5.41, 5.74) is 0.886. The highest BCUT2D eigenvalue weighted by molar-refractivity contribution is 8.00. The molecule has 3 heterocycles. The van der Waals surface area contributed by atoms with Gasteiger partial charge in [-0.15, -0.1) is 11.8 Å². The first kappa shape index (κ1) is 24.5. The molecule has 2 aliphatic heterocycles. The molecule has 6 rings (SSSR count). The Morgan fingerprint density at radius 2 is 1.89 bits per heavy atom. The van der Waals surface area contributed by atoms with Crippen LogP contribution in [-0.4, -0.2) is 55.8 Å². The number of H-pyrrole nitrogens is 1. The van der Waals surface area contributed by atoms with E-state index in [1.807, 2.05) is 13.0 Å². The molecular weight excluding hydrogens is 516 g/mol. The summed E-state index contributed by atoms with van der Waals surface area (Å²) in [6.45, 7) is 5.64. The van der Waals surface area contributed by atoms with Gasteiger partial charge in [-0.05, 0) is 54.7 Å². The van der Waals surface area contributed by atoms with Crippen molar-refractivity contribution in [1.82, 2.24) is 9.88 Å². The first-order valence-electron chi connectivity index (χ1n) is 12.6. The van der Waals surface area contributed by atoms with Gasteiger partial charge in [0.2, 0.25) is 11.8 Å². The maximum absolute atomic E-state index is 13.7. The van der Waals surface area contributed by atoms with Gasteiger partial charge < -0.3 is 19.9 Å². The molecule has 196 valence electrons. The minimum Gasteiger partial charge on any atom is -0.504 e. The number of thiazole rings is 1. The van der Waals surface area contributed by atoms with E-state index in [2.05, 4.69) is 4.98 Å². The van der Waals surface area contributed by atoms with Crippen molar-refractivity contribution in [2.75, 3.05) is 6.61 Å². The fourth-order valence-corrected chi connectivity index (χ4v) is 10.3. The van der Waals surface area contributed by atoms with Crippen LogP contribution in [0.1, 0.15) is 43.6 Å². The molecule has 0 spiro atoms. The van der Waals surface area contributed by atoms with Crippen LogP contribution >= 0.6 is 23.1 Å². The number of ether oxygens (including phenoxy) is 1. The predicted octanol–water partition coefficient (Wildman–Crippen LogP) is 3.12. The predicted molar refractivity (Wildman–Crippen MR) is 136 cm³/mol. The number of benzene rings is 1. The lowest BCUT2D eigenvalue weighted by Crippen LogP contribution is -2.49. The van der Waals surface area contributed by atoms with E-state index in [4.69, 9.17) is 4.74 Å². The number of nitrogens with one attached hydrogen (secondary N) is 1. The Labute approximate surface area is 221 Å². The van der Waals surface area contributed by atoms with E-state index in [1.54, 1.807) is 37.7 Å². The molecule has 11 heteroatoms. The third-order valence-corrected chi connectivity index (χ3v) is 11.2. The van der Waals surface area contributed by atoms with Gasteiger partial charge in [0.05, 0.1) is 23.5 Å². The first-order valence-corrected chi connectivity index (χ1v) is 14.3. The van der Waals surface area contributed by atoms with Crippen molar-refractivity contribution >= 4 is 40.9 Å². The number of aliphatic carboxylic acids is 1. The number of aromatic nitrogens is 1. The van der Waals surface area contributed by atoms with Crippen molar-refractivity contribution in [3.05, 3.63) is 38.3 Å². The third-order valence-electron chi connectivity index (χ3n) is 8.56. The second-order valence-corrected chi connectivity index (χ2v) is 12.9. The van der Waals surface area contributed by atoms with Crippen LogP contribution in [0.5, 0.6) is 11.5 Å². The summed E-state index contributed by atoms with van der Waals surface area (Å²) in [4.78, 5) is 56.5. The maximum atomic E-state index is 13.7. The van der Waals surface area contributed by atoms with E-state index in [-0.39, 0.29) is 51.4 Å². The van der Waals surface area contributed by atoms with Crippen molar-refractivity contribution in [3.8, 4) is 11.5 Å². The minimum absolute atomic E-state index is 0.00243. The van der Waals surface area contributed by atoms with Crippen LogP contribution in [0.3, 0.4) is 0 Å². The van der Waals surface area contributed by atoms with E-state index in [0.717, 1.165) is 31.7 Å². The van der Waals surface area contributed by atoms with Gasteiger partial charge in [-0.3, -0.25) is 19.3 Å². The summed E-state index contributed by atoms with van der Waals surface area (Å²) >= 11 is 2.74. The lowest BCUT2D eigenvalue weighted by atomic mass is 9.68. The van der Waals surface area contributed by atoms with Gasteiger partial charge in [0, 0.05) is 16.0 Å². The molecule has 3 fully saturated rings. The SMILES string of the molecule is CCOc1cc([C@H]2c3sc(=O)[nH]c3SC3C4CC(C5C(=O)N(C(C(=O)O)C(C)C)C(=O)C45)C32)ccc1O. The number of likely N-dealkylation sites (tertiary alicyclic amines) is 1. The van der Waals surface area contributed by atoms with Crippen LogP contribution in [0.4, 0.5) is 0 Å². The molecule has 9 nitrogen and oxygen atoms in total. The number of fused-ring (bicyclic) bond motifs is 9. The van der Waals surface area contributed by atoms with E-state index in [0.29, 0.717) is 18.8 Å². The molecule has 1 aromatic heterocycles. The first-order chi connectivity index (χ1) is 17.6. The zero-order chi connectivity index (χ0) is 26.3. The zero-order valence-electron chi connectivity index (χ0n) is 20.5. The summed E-state index contributed by atoms with van der Waals surface area (Å²) < 4.78 is 5.64. The number of hydrogen-bond donors (Lipinski definition) is 3. The average molecular weight is 545 g/mol. The summed E-state index contributed by atoms with van der Waals surface area (Å²) in [6.07, 6.45) is 0.717. The number of hydrogen-bond acceptors (Lipinski definition) is 8. The number of phenolic OH excluding ortho intramolecular Hbond substituents is 1. The van der Waals surface area contributed by atoms with Gasteiger partial charge in [-0.2, -0.15) is 0 Å². The molecule has 1 saturated heterocycles.